The van der Waals surface area contributed by atoms with E-state index in [0.29, 0.717) is 15.7 Å². The zero-order valence-corrected chi connectivity index (χ0v) is 7.57. The molecule has 0 amide bonds. The maximum atomic E-state index is 13.4. The molecule has 0 fully saturated rings. The topological polar surface area (TPSA) is 20.2 Å². The van der Waals surface area contributed by atoms with Crippen LogP contribution in [0.5, 0.6) is 0 Å². The van der Waals surface area contributed by atoms with E-state index >= 15 is 0 Å². The molecule has 64 valence electrons. The second-order valence-corrected chi connectivity index (χ2v) is 3.89. The summed E-state index contributed by atoms with van der Waals surface area (Å²) in [5.41, 5.74) is 0.536. The zero-order chi connectivity index (χ0) is 9.42. The van der Waals surface area contributed by atoms with Gasteiger partial charge in [-0.2, -0.15) is 0 Å². The average Bonchev–Trinajstić information content (AvgIpc) is 2.44. The highest BCUT2D eigenvalue weighted by Crippen LogP contribution is 2.28. The van der Waals surface area contributed by atoms with Crippen molar-refractivity contribution in [3.8, 4) is 0 Å². The second-order valence-electron chi connectivity index (χ2n) is 2.75. The molecule has 4 heteroatoms. The van der Waals surface area contributed by atoms with Crippen LogP contribution < -0.4 is 5.46 Å². The van der Waals surface area contributed by atoms with Gasteiger partial charge in [-0.1, -0.05) is 17.6 Å². The van der Waals surface area contributed by atoms with E-state index in [9.17, 15) is 4.39 Å². The first-order valence-electron chi connectivity index (χ1n) is 3.79. The maximum Gasteiger partial charge on any atom is 0.147 e. The molecule has 0 bridgehead atoms. The number of hydrogen-bond donors (Lipinski definition) is 1. The van der Waals surface area contributed by atoms with Crippen LogP contribution in [0.25, 0.3) is 10.1 Å². The minimum atomic E-state index is -0.352. The van der Waals surface area contributed by atoms with E-state index in [1.807, 2.05) is 0 Å². The Morgan fingerprint density at radius 2 is 2.23 bits per heavy atom. The lowest BCUT2D eigenvalue weighted by molar-refractivity contribution is 0.280. The van der Waals surface area contributed by atoms with Gasteiger partial charge < -0.3 is 5.11 Å². The Morgan fingerprint density at radius 3 is 2.92 bits per heavy atom. The van der Waals surface area contributed by atoms with Crippen LogP contribution in [0.15, 0.2) is 18.2 Å². The van der Waals surface area contributed by atoms with Gasteiger partial charge in [-0.05, 0) is 6.07 Å². The fourth-order valence-electron chi connectivity index (χ4n) is 1.24. The number of rotatable bonds is 1. The van der Waals surface area contributed by atoms with E-state index in [2.05, 4.69) is 0 Å². The van der Waals surface area contributed by atoms with Crippen LogP contribution in [0.3, 0.4) is 0 Å². The average molecular weight is 192 g/mol. The Morgan fingerprint density at radius 1 is 1.46 bits per heavy atom. The third-order valence-electron chi connectivity index (χ3n) is 1.86. The lowest BCUT2D eigenvalue weighted by Crippen LogP contribution is -1.99. The van der Waals surface area contributed by atoms with E-state index < -0.39 is 0 Å². The van der Waals surface area contributed by atoms with Crippen molar-refractivity contribution in [3.63, 3.8) is 0 Å². The Kier molecular flexibility index (Phi) is 2.10. The third kappa shape index (κ3) is 1.36. The number of halogens is 1. The Labute approximate surface area is 80.2 Å². The molecule has 0 atom stereocenters. The van der Waals surface area contributed by atoms with Crippen molar-refractivity contribution in [2.75, 3.05) is 0 Å². The van der Waals surface area contributed by atoms with Gasteiger partial charge in [-0.3, -0.25) is 0 Å². The largest absolute Gasteiger partial charge is 0.391 e. The Hall–Kier alpha value is -0.865. The van der Waals surface area contributed by atoms with E-state index in [4.69, 9.17) is 13.0 Å². The first kappa shape index (κ1) is 8.72. The summed E-state index contributed by atoms with van der Waals surface area (Å²) < 4.78 is 14.2. The summed E-state index contributed by atoms with van der Waals surface area (Å²) in [5, 5.41) is 9.32. The number of hydrogen-bond acceptors (Lipinski definition) is 2. The predicted molar refractivity (Wildman–Crippen MR) is 53.1 cm³/mol. The fourth-order valence-corrected chi connectivity index (χ4v) is 2.16. The summed E-state index contributed by atoms with van der Waals surface area (Å²) in [5.74, 6) is -0.352. The molecule has 1 heterocycles. The lowest BCUT2D eigenvalue weighted by atomic mass is 9.95. The molecule has 0 spiro atoms. The number of aliphatic hydroxyl groups excluding tert-OH is 1. The van der Waals surface area contributed by atoms with E-state index in [1.54, 1.807) is 18.2 Å². The molecular formula is C9H6BFOS. The molecule has 0 unspecified atom stereocenters. The Bertz CT molecular complexity index is 452. The summed E-state index contributed by atoms with van der Waals surface area (Å²) in [6.45, 7) is -0.259. The standard InChI is InChI=1S/C9H6BFOS/c10-5-1-2-7-6(3-5)9(11)8(4-12)13-7/h1-3,12H,4H2. The number of thiophene rings is 1. The third-order valence-corrected chi connectivity index (χ3v) is 2.99. The van der Waals surface area contributed by atoms with Gasteiger partial charge >= 0.3 is 0 Å². The van der Waals surface area contributed by atoms with Crippen molar-refractivity contribution in [3.05, 3.63) is 28.9 Å². The van der Waals surface area contributed by atoms with Crippen molar-refractivity contribution in [2.45, 2.75) is 6.61 Å². The van der Waals surface area contributed by atoms with Gasteiger partial charge in [0.05, 0.1) is 11.5 Å². The molecule has 1 nitrogen and oxygen atoms in total. The number of aliphatic hydroxyl groups is 1. The van der Waals surface area contributed by atoms with Crippen LogP contribution in [0.2, 0.25) is 0 Å². The summed E-state index contributed by atoms with van der Waals surface area (Å²) >= 11 is 1.25. The van der Waals surface area contributed by atoms with Crippen molar-refractivity contribution in [2.24, 2.45) is 0 Å². The highest BCUT2D eigenvalue weighted by molar-refractivity contribution is 7.19. The minimum absolute atomic E-state index is 0.259. The normalized spacial score (nSPS) is 10.9. The molecular weight excluding hydrogens is 186 g/mol. The molecule has 1 aromatic carbocycles. The first-order valence-corrected chi connectivity index (χ1v) is 4.61. The smallest absolute Gasteiger partial charge is 0.147 e. The first-order chi connectivity index (χ1) is 6.22. The van der Waals surface area contributed by atoms with Crippen molar-refractivity contribution in [1.29, 1.82) is 0 Å². The van der Waals surface area contributed by atoms with Crippen LogP contribution in [0, 0.1) is 5.82 Å². The van der Waals surface area contributed by atoms with Crippen LogP contribution >= 0.6 is 11.3 Å². The highest BCUT2D eigenvalue weighted by atomic mass is 32.1. The van der Waals surface area contributed by atoms with Crippen LogP contribution in [-0.2, 0) is 6.61 Å². The monoisotopic (exact) mass is 192 g/mol. The maximum absolute atomic E-state index is 13.4. The van der Waals surface area contributed by atoms with Crippen molar-refractivity contribution >= 4 is 34.7 Å². The van der Waals surface area contributed by atoms with Gasteiger partial charge in [0.2, 0.25) is 0 Å². The molecule has 2 rings (SSSR count). The fraction of sp³-hybridized carbons (Fsp3) is 0.111. The highest BCUT2D eigenvalue weighted by Gasteiger charge is 2.10. The zero-order valence-electron chi connectivity index (χ0n) is 6.75. The SMILES string of the molecule is [B]c1ccc2sc(CO)c(F)c2c1. The van der Waals surface area contributed by atoms with Gasteiger partial charge in [0.1, 0.15) is 13.7 Å². The number of fused-ring (bicyclic) bond motifs is 1. The van der Waals surface area contributed by atoms with E-state index in [1.165, 1.54) is 11.3 Å². The summed E-state index contributed by atoms with van der Waals surface area (Å²) in [6.07, 6.45) is 0. The van der Waals surface area contributed by atoms with Crippen LogP contribution in [0.4, 0.5) is 4.39 Å². The molecule has 13 heavy (non-hydrogen) atoms. The second kappa shape index (κ2) is 3.12. The van der Waals surface area contributed by atoms with Gasteiger partial charge in [0.15, 0.2) is 0 Å². The van der Waals surface area contributed by atoms with Crippen molar-refractivity contribution in [1.82, 2.24) is 0 Å². The predicted octanol–water partition coefficient (Wildman–Crippen LogP) is 1.33. The minimum Gasteiger partial charge on any atom is -0.391 e. The molecule has 1 aromatic heterocycles. The van der Waals surface area contributed by atoms with Crippen LogP contribution in [-0.4, -0.2) is 13.0 Å². The quantitative estimate of drug-likeness (QED) is 0.675. The molecule has 0 saturated heterocycles. The van der Waals surface area contributed by atoms with Gasteiger partial charge in [-0.25, -0.2) is 4.39 Å². The molecule has 0 aliphatic rings. The summed E-state index contributed by atoms with van der Waals surface area (Å²) in [7, 11) is 5.52. The van der Waals surface area contributed by atoms with E-state index in [-0.39, 0.29) is 12.4 Å². The molecule has 0 saturated carbocycles. The van der Waals surface area contributed by atoms with Gasteiger partial charge in [0, 0.05) is 10.1 Å². The van der Waals surface area contributed by atoms with E-state index in [0.717, 1.165) is 4.70 Å². The van der Waals surface area contributed by atoms with Crippen molar-refractivity contribution < 1.29 is 9.50 Å². The molecule has 2 aromatic rings. The Balaban J connectivity index is 2.77. The summed E-state index contributed by atoms with van der Waals surface area (Å²) in [4.78, 5) is 0.362. The molecule has 0 aliphatic carbocycles. The summed E-state index contributed by atoms with van der Waals surface area (Å²) in [6, 6.07) is 5.07. The lowest BCUT2D eigenvalue weighted by Gasteiger charge is -1.92. The molecule has 1 N–H and O–H groups in total. The number of benzene rings is 1. The van der Waals surface area contributed by atoms with Gasteiger partial charge in [0.25, 0.3) is 0 Å². The molecule has 0 aliphatic heterocycles. The van der Waals surface area contributed by atoms with Crippen LogP contribution in [0.1, 0.15) is 4.88 Å². The molecule has 2 radical (unpaired) electrons. The van der Waals surface area contributed by atoms with Gasteiger partial charge in [-0.15, -0.1) is 11.3 Å².